The first-order chi connectivity index (χ1) is 13.2. The Balaban J connectivity index is 1.61. The third-order valence-electron chi connectivity index (χ3n) is 5.19. The number of carbonyl (C=O) groups is 1. The van der Waals surface area contributed by atoms with Crippen LogP contribution in [0.3, 0.4) is 0 Å². The van der Waals surface area contributed by atoms with Crippen LogP contribution in [0.1, 0.15) is 18.4 Å². The molecule has 0 aliphatic carbocycles. The Bertz CT molecular complexity index is 919. The van der Waals surface area contributed by atoms with Gasteiger partial charge in [-0.2, -0.15) is 0 Å². The van der Waals surface area contributed by atoms with Crippen LogP contribution in [0.15, 0.2) is 47.5 Å². The third kappa shape index (κ3) is 4.88. The number of hydrogen-bond acceptors (Lipinski definition) is 5. The molecule has 1 fully saturated rings. The molecular formula is C20H25N3O4S. The lowest BCUT2D eigenvalue weighted by Crippen LogP contribution is -2.44. The van der Waals surface area contributed by atoms with Crippen LogP contribution in [-0.4, -0.2) is 66.8 Å². The molecule has 3 rings (SSSR count). The molecule has 2 heterocycles. The van der Waals surface area contributed by atoms with E-state index in [-0.39, 0.29) is 0 Å². The van der Waals surface area contributed by atoms with Gasteiger partial charge in [-0.1, -0.05) is 18.2 Å². The molecule has 0 spiro atoms. The molecule has 0 atom stereocenters. The van der Waals surface area contributed by atoms with Crippen LogP contribution in [0.5, 0.6) is 0 Å². The molecule has 1 aromatic carbocycles. The fourth-order valence-corrected chi connectivity index (χ4v) is 4.11. The van der Waals surface area contributed by atoms with Crippen molar-refractivity contribution >= 4 is 15.9 Å². The standard InChI is InChI=1S/C20H25N3O4S/c1-22(17-9-11-23(12-10-17)20(24)25)14-15-3-8-19(21-13-15)16-4-6-18(7-5-16)28(2,26)27/h3-8,13,17H,9-12,14H2,1-2H3,(H,24,25). The number of sulfone groups is 1. The van der Waals surface area contributed by atoms with Crippen molar-refractivity contribution in [3.8, 4) is 11.3 Å². The second-order valence-electron chi connectivity index (χ2n) is 7.26. The Hall–Kier alpha value is -2.45. The summed E-state index contributed by atoms with van der Waals surface area (Å²) >= 11 is 0. The Morgan fingerprint density at radius 2 is 1.82 bits per heavy atom. The van der Waals surface area contributed by atoms with Gasteiger partial charge in [-0.25, -0.2) is 13.2 Å². The zero-order valence-corrected chi connectivity index (χ0v) is 16.9. The average Bonchev–Trinajstić information content (AvgIpc) is 2.68. The Kier molecular flexibility index (Phi) is 6.00. The van der Waals surface area contributed by atoms with E-state index in [9.17, 15) is 13.2 Å². The lowest BCUT2D eigenvalue weighted by Gasteiger charge is -2.35. The van der Waals surface area contributed by atoms with Crippen LogP contribution in [-0.2, 0) is 16.4 Å². The molecule has 28 heavy (non-hydrogen) atoms. The number of pyridine rings is 1. The van der Waals surface area contributed by atoms with Gasteiger partial charge in [0.25, 0.3) is 0 Å². The van der Waals surface area contributed by atoms with Crippen LogP contribution in [0.25, 0.3) is 11.3 Å². The summed E-state index contributed by atoms with van der Waals surface area (Å²) in [7, 11) is -1.15. The van der Waals surface area contributed by atoms with Crippen molar-refractivity contribution in [3.05, 3.63) is 48.2 Å². The maximum Gasteiger partial charge on any atom is 0.407 e. The van der Waals surface area contributed by atoms with Gasteiger partial charge in [-0.15, -0.1) is 0 Å². The predicted octanol–water partition coefficient (Wildman–Crippen LogP) is 2.73. The van der Waals surface area contributed by atoms with Crippen LogP contribution in [0, 0.1) is 0 Å². The van der Waals surface area contributed by atoms with Gasteiger partial charge in [0.1, 0.15) is 0 Å². The molecule has 0 bridgehead atoms. The molecule has 150 valence electrons. The van der Waals surface area contributed by atoms with E-state index in [1.54, 1.807) is 24.3 Å². The summed E-state index contributed by atoms with van der Waals surface area (Å²) in [4.78, 5) is 19.5. The molecule has 1 aliphatic rings. The summed E-state index contributed by atoms with van der Waals surface area (Å²) in [6.45, 7) is 1.90. The molecule has 1 amide bonds. The highest BCUT2D eigenvalue weighted by molar-refractivity contribution is 7.90. The van der Waals surface area contributed by atoms with Crippen molar-refractivity contribution in [2.45, 2.75) is 30.3 Å². The van der Waals surface area contributed by atoms with Gasteiger partial charge in [0, 0.05) is 43.7 Å². The van der Waals surface area contributed by atoms with Gasteiger partial charge in [-0.3, -0.25) is 9.88 Å². The number of rotatable bonds is 5. The lowest BCUT2D eigenvalue weighted by molar-refractivity contribution is 0.103. The van der Waals surface area contributed by atoms with Gasteiger partial charge in [-0.05, 0) is 43.7 Å². The van der Waals surface area contributed by atoms with Crippen LogP contribution >= 0.6 is 0 Å². The van der Waals surface area contributed by atoms with E-state index >= 15 is 0 Å². The van der Waals surface area contributed by atoms with E-state index in [1.165, 1.54) is 11.2 Å². The normalized spacial score (nSPS) is 15.8. The van der Waals surface area contributed by atoms with Gasteiger partial charge in [0.05, 0.1) is 10.6 Å². The summed E-state index contributed by atoms with van der Waals surface area (Å²) in [5, 5.41) is 9.05. The molecule has 0 unspecified atom stereocenters. The van der Waals surface area contributed by atoms with Crippen LogP contribution < -0.4 is 0 Å². The number of hydrogen-bond donors (Lipinski definition) is 1. The van der Waals surface area contributed by atoms with E-state index in [4.69, 9.17) is 5.11 Å². The largest absolute Gasteiger partial charge is 0.465 e. The molecule has 1 saturated heterocycles. The fraction of sp³-hybridized carbons (Fsp3) is 0.400. The first-order valence-corrected chi connectivity index (χ1v) is 11.1. The molecule has 1 aliphatic heterocycles. The highest BCUT2D eigenvalue weighted by Gasteiger charge is 2.24. The first-order valence-electron chi connectivity index (χ1n) is 9.17. The molecule has 7 nitrogen and oxygen atoms in total. The summed E-state index contributed by atoms with van der Waals surface area (Å²) < 4.78 is 23.1. The number of piperidine rings is 1. The van der Waals surface area contributed by atoms with Crippen molar-refractivity contribution in [3.63, 3.8) is 0 Å². The maximum atomic E-state index is 11.6. The lowest BCUT2D eigenvalue weighted by atomic mass is 10.0. The average molecular weight is 404 g/mol. The van der Waals surface area contributed by atoms with E-state index in [0.29, 0.717) is 24.0 Å². The number of aromatic nitrogens is 1. The highest BCUT2D eigenvalue weighted by atomic mass is 32.2. The molecule has 0 radical (unpaired) electrons. The van der Waals surface area contributed by atoms with Crippen molar-refractivity contribution < 1.29 is 18.3 Å². The Morgan fingerprint density at radius 3 is 2.32 bits per heavy atom. The quantitative estimate of drug-likeness (QED) is 0.825. The monoisotopic (exact) mass is 403 g/mol. The van der Waals surface area contributed by atoms with E-state index in [0.717, 1.165) is 36.2 Å². The van der Waals surface area contributed by atoms with Crippen molar-refractivity contribution in [2.24, 2.45) is 0 Å². The van der Waals surface area contributed by atoms with Crippen LogP contribution in [0.4, 0.5) is 4.79 Å². The number of nitrogens with zero attached hydrogens (tertiary/aromatic N) is 3. The molecule has 1 aromatic heterocycles. The van der Waals surface area contributed by atoms with E-state index < -0.39 is 15.9 Å². The Labute approximate surface area is 165 Å². The van der Waals surface area contributed by atoms with Crippen molar-refractivity contribution in [1.82, 2.24) is 14.8 Å². The second-order valence-corrected chi connectivity index (χ2v) is 9.28. The van der Waals surface area contributed by atoms with Gasteiger partial charge in [0.15, 0.2) is 9.84 Å². The minimum Gasteiger partial charge on any atom is -0.465 e. The fourth-order valence-electron chi connectivity index (χ4n) is 3.48. The Morgan fingerprint density at radius 1 is 1.18 bits per heavy atom. The van der Waals surface area contributed by atoms with E-state index in [2.05, 4.69) is 16.9 Å². The third-order valence-corrected chi connectivity index (χ3v) is 6.32. The maximum absolute atomic E-state index is 11.6. The smallest absolute Gasteiger partial charge is 0.407 e. The van der Waals surface area contributed by atoms with Crippen molar-refractivity contribution in [1.29, 1.82) is 0 Å². The number of benzene rings is 1. The minimum atomic E-state index is -3.20. The van der Waals surface area contributed by atoms with Crippen molar-refractivity contribution in [2.75, 3.05) is 26.4 Å². The van der Waals surface area contributed by atoms with Gasteiger partial charge < -0.3 is 10.0 Å². The zero-order valence-electron chi connectivity index (χ0n) is 16.1. The highest BCUT2D eigenvalue weighted by Crippen LogP contribution is 2.21. The van der Waals surface area contributed by atoms with E-state index in [1.807, 2.05) is 18.3 Å². The van der Waals surface area contributed by atoms with Crippen LogP contribution in [0.2, 0.25) is 0 Å². The summed E-state index contributed by atoms with van der Waals surface area (Å²) in [6.07, 6.45) is 3.85. The summed E-state index contributed by atoms with van der Waals surface area (Å²) in [5.74, 6) is 0. The number of carboxylic acid groups (broad SMARTS) is 1. The molecular weight excluding hydrogens is 378 g/mol. The number of amides is 1. The zero-order chi connectivity index (χ0) is 20.3. The summed E-state index contributed by atoms with van der Waals surface area (Å²) in [5.41, 5.74) is 2.74. The van der Waals surface area contributed by atoms with Gasteiger partial charge >= 0.3 is 6.09 Å². The second kappa shape index (κ2) is 8.28. The molecule has 8 heteroatoms. The SMILES string of the molecule is CN(Cc1ccc(-c2ccc(S(C)(=O)=O)cc2)nc1)C1CCN(C(=O)O)CC1. The topological polar surface area (TPSA) is 90.8 Å². The number of likely N-dealkylation sites (tertiary alicyclic amines) is 1. The predicted molar refractivity (Wildman–Crippen MR) is 107 cm³/mol. The summed E-state index contributed by atoms with van der Waals surface area (Å²) in [6, 6.07) is 11.0. The molecule has 0 saturated carbocycles. The first kappa shape index (κ1) is 20.3. The minimum absolute atomic E-state index is 0.295. The van der Waals surface area contributed by atoms with Gasteiger partial charge in [0.2, 0.25) is 0 Å². The molecule has 1 N–H and O–H groups in total. The molecule has 2 aromatic rings.